The Bertz CT molecular complexity index is 1150. The van der Waals surface area contributed by atoms with Crippen molar-refractivity contribution in [3.63, 3.8) is 0 Å². The molecule has 0 aliphatic carbocycles. The minimum Gasteiger partial charge on any atom is -0.387 e. The van der Waals surface area contributed by atoms with Gasteiger partial charge in [0.25, 0.3) is 0 Å². The summed E-state index contributed by atoms with van der Waals surface area (Å²) in [6.07, 6.45) is 61.0. The molecule has 0 heterocycles. The molecule has 0 saturated heterocycles. The molecule has 3 N–H and O–H groups in total. The number of allylic oxidation sites excluding steroid dienone is 5. The van der Waals surface area contributed by atoms with Crippen LogP contribution in [0.15, 0.2) is 36.5 Å². The van der Waals surface area contributed by atoms with E-state index < -0.39 is 20.0 Å². The average Bonchev–Trinajstić information content (AvgIpc) is 3.26. The highest BCUT2D eigenvalue weighted by Crippen LogP contribution is 2.43. The summed E-state index contributed by atoms with van der Waals surface area (Å²) in [6, 6.07) is -0.864. The van der Waals surface area contributed by atoms with Gasteiger partial charge < -0.3 is 19.8 Å². The van der Waals surface area contributed by atoms with E-state index in [1.165, 1.54) is 205 Å². The number of hydrogen-bond donors (Lipinski definition) is 3. The summed E-state index contributed by atoms with van der Waals surface area (Å²) < 4.78 is 23.7. The van der Waals surface area contributed by atoms with Gasteiger partial charge in [-0.1, -0.05) is 237 Å². The first-order valence-corrected chi connectivity index (χ1v) is 29.4. The minimum absolute atomic E-state index is 0.0564. The van der Waals surface area contributed by atoms with Crippen molar-refractivity contribution in [1.29, 1.82) is 0 Å². The zero-order valence-electron chi connectivity index (χ0n) is 43.7. The minimum atomic E-state index is -4.35. The van der Waals surface area contributed by atoms with Gasteiger partial charge in [0.1, 0.15) is 13.2 Å². The standard InChI is InChI=1S/C56H109N2O6P/c1-6-8-10-12-14-16-18-20-22-24-26-27-28-29-30-32-33-35-37-39-41-43-45-47-49-55(59)54(53-64-65(61,62)63-52-51-58(3,4)5)57-56(60)50-48-46-44-42-40-38-36-34-31-25-23-21-19-17-15-13-11-9-7-2/h21,23,39,41,47,49,54-55,59H,6-20,22,24-38,40,42-46,48,50-53H2,1-5H3,(H-,57,60,61,62)/p+1/b23-21-,41-39+,49-47+. The number of amides is 1. The number of unbranched alkanes of at least 4 members (excludes halogenated alkanes) is 34. The summed E-state index contributed by atoms with van der Waals surface area (Å²) in [4.78, 5) is 23.3. The van der Waals surface area contributed by atoms with Gasteiger partial charge in [0.2, 0.25) is 5.91 Å². The van der Waals surface area contributed by atoms with Crippen molar-refractivity contribution < 1.29 is 32.9 Å². The van der Waals surface area contributed by atoms with E-state index in [0.717, 1.165) is 38.5 Å². The molecular weight excluding hydrogens is 828 g/mol. The van der Waals surface area contributed by atoms with Crippen molar-refractivity contribution >= 4 is 13.7 Å². The Hall–Kier alpha value is -1.28. The van der Waals surface area contributed by atoms with Crippen LogP contribution in [-0.4, -0.2) is 73.4 Å². The predicted molar refractivity (Wildman–Crippen MR) is 281 cm³/mol. The fourth-order valence-electron chi connectivity index (χ4n) is 8.17. The monoisotopic (exact) mass is 938 g/mol. The number of carbonyl (C=O) groups excluding carboxylic acids is 1. The third-order valence-electron chi connectivity index (χ3n) is 12.6. The summed E-state index contributed by atoms with van der Waals surface area (Å²) in [5, 5.41) is 13.9. The molecule has 0 aromatic carbocycles. The highest BCUT2D eigenvalue weighted by atomic mass is 31.2. The molecule has 0 aliphatic rings. The molecule has 0 aliphatic heterocycles. The maximum Gasteiger partial charge on any atom is 0.472 e. The quantitative estimate of drug-likeness (QED) is 0.0243. The first kappa shape index (κ1) is 63.7. The number of likely N-dealkylation sites (N-methyl/N-ethyl adjacent to an activating group) is 1. The van der Waals surface area contributed by atoms with Crippen LogP contribution in [0.3, 0.4) is 0 Å². The lowest BCUT2D eigenvalue weighted by Crippen LogP contribution is -2.45. The highest BCUT2D eigenvalue weighted by molar-refractivity contribution is 7.47. The summed E-state index contributed by atoms with van der Waals surface area (Å²) >= 11 is 0. The van der Waals surface area contributed by atoms with Crippen LogP contribution >= 0.6 is 7.82 Å². The number of phosphoric acid groups is 1. The molecule has 0 spiro atoms. The van der Waals surface area contributed by atoms with Crippen LogP contribution in [-0.2, 0) is 18.4 Å². The predicted octanol–water partition coefficient (Wildman–Crippen LogP) is 16.6. The molecule has 0 fully saturated rings. The number of rotatable bonds is 51. The van der Waals surface area contributed by atoms with Crippen LogP contribution in [0, 0.1) is 0 Å². The van der Waals surface area contributed by atoms with Crippen LogP contribution in [0.2, 0.25) is 0 Å². The molecule has 0 bridgehead atoms. The zero-order chi connectivity index (χ0) is 47.8. The van der Waals surface area contributed by atoms with Gasteiger partial charge in [-0.25, -0.2) is 4.57 Å². The van der Waals surface area contributed by atoms with Gasteiger partial charge in [0.05, 0.1) is 39.9 Å². The van der Waals surface area contributed by atoms with Crippen LogP contribution in [0.4, 0.5) is 0 Å². The van der Waals surface area contributed by atoms with E-state index in [0.29, 0.717) is 17.4 Å². The lowest BCUT2D eigenvalue weighted by molar-refractivity contribution is -0.870. The van der Waals surface area contributed by atoms with Gasteiger partial charge in [0, 0.05) is 6.42 Å². The molecule has 3 unspecified atom stereocenters. The first-order valence-electron chi connectivity index (χ1n) is 27.9. The molecule has 8 nitrogen and oxygen atoms in total. The molecule has 9 heteroatoms. The topological polar surface area (TPSA) is 105 Å². The molecule has 384 valence electrons. The normalized spacial score (nSPS) is 14.3. The van der Waals surface area contributed by atoms with Crippen molar-refractivity contribution in [2.75, 3.05) is 40.9 Å². The molecule has 0 saturated carbocycles. The Kier molecular flexibility index (Phi) is 46.8. The van der Waals surface area contributed by atoms with Crippen LogP contribution in [0.1, 0.15) is 264 Å². The number of carbonyl (C=O) groups is 1. The lowest BCUT2D eigenvalue weighted by atomic mass is 10.0. The number of aliphatic hydroxyl groups excluding tert-OH is 1. The number of quaternary nitrogens is 1. The average molecular weight is 938 g/mol. The van der Waals surface area contributed by atoms with Crippen molar-refractivity contribution in [1.82, 2.24) is 5.32 Å². The third-order valence-corrected chi connectivity index (χ3v) is 13.6. The SMILES string of the molecule is CCCCCCCC/C=C\CCCCCCCCCCCC(=O)NC(COP(=O)(O)OCC[N+](C)(C)C)C(O)/C=C/CC/C=C/CCCCCCCCCCCCCCCCCCCC. The Balaban J connectivity index is 4.28. The third kappa shape index (κ3) is 50.4. The highest BCUT2D eigenvalue weighted by Gasteiger charge is 2.27. The molecule has 65 heavy (non-hydrogen) atoms. The molecule has 1 amide bonds. The molecule has 0 aromatic heterocycles. The molecular formula is C56H110N2O6P+. The zero-order valence-corrected chi connectivity index (χ0v) is 44.6. The van der Waals surface area contributed by atoms with Crippen molar-refractivity contribution in [2.45, 2.75) is 276 Å². The number of aliphatic hydroxyl groups is 1. The van der Waals surface area contributed by atoms with Gasteiger partial charge >= 0.3 is 7.82 Å². The van der Waals surface area contributed by atoms with E-state index in [9.17, 15) is 19.4 Å². The van der Waals surface area contributed by atoms with E-state index in [4.69, 9.17) is 9.05 Å². The van der Waals surface area contributed by atoms with Gasteiger partial charge in [-0.2, -0.15) is 0 Å². The second kappa shape index (κ2) is 47.8. The summed E-state index contributed by atoms with van der Waals surface area (Å²) in [6.45, 7) is 4.82. The Morgan fingerprint density at radius 1 is 0.508 bits per heavy atom. The maximum atomic E-state index is 12.9. The number of hydrogen-bond acceptors (Lipinski definition) is 5. The van der Waals surface area contributed by atoms with Crippen molar-refractivity contribution in [2.24, 2.45) is 0 Å². The van der Waals surface area contributed by atoms with E-state index in [1.807, 2.05) is 27.2 Å². The van der Waals surface area contributed by atoms with Gasteiger partial charge in [-0.05, 0) is 57.8 Å². The van der Waals surface area contributed by atoms with E-state index >= 15 is 0 Å². The lowest BCUT2D eigenvalue weighted by Gasteiger charge is -2.25. The van der Waals surface area contributed by atoms with E-state index in [-0.39, 0.29) is 19.1 Å². The maximum absolute atomic E-state index is 12.9. The summed E-state index contributed by atoms with van der Waals surface area (Å²) in [7, 11) is 1.56. The van der Waals surface area contributed by atoms with Gasteiger partial charge in [-0.15, -0.1) is 0 Å². The molecule has 3 atom stereocenters. The fourth-order valence-corrected chi connectivity index (χ4v) is 8.91. The summed E-state index contributed by atoms with van der Waals surface area (Å²) in [5.41, 5.74) is 0. The second-order valence-corrected chi connectivity index (χ2v) is 21.8. The number of phosphoric ester groups is 1. The Morgan fingerprint density at radius 2 is 0.846 bits per heavy atom. The first-order chi connectivity index (χ1) is 31.5. The van der Waals surface area contributed by atoms with Gasteiger partial charge in [-0.3, -0.25) is 13.8 Å². The smallest absolute Gasteiger partial charge is 0.387 e. The van der Waals surface area contributed by atoms with Crippen LogP contribution < -0.4 is 5.32 Å². The number of nitrogens with one attached hydrogen (secondary N) is 1. The van der Waals surface area contributed by atoms with E-state index in [1.54, 1.807) is 6.08 Å². The second-order valence-electron chi connectivity index (χ2n) is 20.3. The largest absolute Gasteiger partial charge is 0.472 e. The Labute approximate surface area is 404 Å². The summed E-state index contributed by atoms with van der Waals surface area (Å²) in [5.74, 6) is -0.187. The number of nitrogens with zero attached hydrogens (tertiary/aromatic N) is 1. The van der Waals surface area contributed by atoms with Crippen LogP contribution in [0.25, 0.3) is 0 Å². The van der Waals surface area contributed by atoms with Gasteiger partial charge in [0.15, 0.2) is 0 Å². The van der Waals surface area contributed by atoms with Crippen molar-refractivity contribution in [3.05, 3.63) is 36.5 Å². The molecule has 0 rings (SSSR count). The van der Waals surface area contributed by atoms with Crippen LogP contribution in [0.5, 0.6) is 0 Å². The molecule has 0 radical (unpaired) electrons. The Morgan fingerprint density at radius 3 is 1.23 bits per heavy atom. The van der Waals surface area contributed by atoms with E-state index in [2.05, 4.69) is 43.5 Å². The van der Waals surface area contributed by atoms with Crippen molar-refractivity contribution in [3.8, 4) is 0 Å². The molecule has 0 aromatic rings. The fraction of sp³-hybridized carbons (Fsp3) is 0.875.